The number of aromatic nitrogens is 6. The second-order valence-electron chi connectivity index (χ2n) is 9.41. The molecular formula is C23H25F3N8O2. The minimum absolute atomic E-state index is 0.0229. The van der Waals surface area contributed by atoms with Gasteiger partial charge in [0.15, 0.2) is 0 Å². The molecular weight excluding hydrogens is 477 g/mol. The predicted molar refractivity (Wildman–Crippen MR) is 125 cm³/mol. The van der Waals surface area contributed by atoms with E-state index in [1.807, 2.05) is 0 Å². The van der Waals surface area contributed by atoms with Gasteiger partial charge in [0.25, 0.3) is 5.92 Å². The molecule has 1 aromatic carbocycles. The Morgan fingerprint density at radius 2 is 2.11 bits per heavy atom. The van der Waals surface area contributed by atoms with Crippen LogP contribution >= 0.6 is 0 Å². The van der Waals surface area contributed by atoms with Crippen LogP contribution in [0, 0.1) is 0 Å². The number of fused-ring (bicyclic) bond motifs is 2. The first kappa shape index (κ1) is 23.0. The Bertz CT molecular complexity index is 1450. The Morgan fingerprint density at radius 3 is 2.81 bits per heavy atom. The summed E-state index contributed by atoms with van der Waals surface area (Å²) in [7, 11) is 1.44. The van der Waals surface area contributed by atoms with Crippen molar-refractivity contribution in [2.45, 2.75) is 30.8 Å². The molecule has 10 nitrogen and oxygen atoms in total. The number of halogens is 3. The highest BCUT2D eigenvalue weighted by Crippen LogP contribution is 2.47. The lowest BCUT2D eigenvalue weighted by Gasteiger charge is -2.34. The van der Waals surface area contributed by atoms with Crippen LogP contribution < -0.4 is 10.5 Å². The first-order chi connectivity index (χ1) is 17.3. The molecule has 6 rings (SSSR count). The molecule has 0 amide bonds. The van der Waals surface area contributed by atoms with Crippen molar-refractivity contribution in [3.05, 3.63) is 30.0 Å². The van der Waals surface area contributed by atoms with Crippen LogP contribution in [0.15, 0.2) is 24.4 Å². The van der Waals surface area contributed by atoms with Gasteiger partial charge in [0, 0.05) is 18.3 Å². The molecule has 2 aliphatic heterocycles. The van der Waals surface area contributed by atoms with E-state index in [4.69, 9.17) is 15.2 Å². The minimum Gasteiger partial charge on any atom is -0.479 e. The summed E-state index contributed by atoms with van der Waals surface area (Å²) in [5, 5.41) is 12.5. The van der Waals surface area contributed by atoms with Gasteiger partial charge in [0.05, 0.1) is 50.4 Å². The number of rotatable bonds is 6. The summed E-state index contributed by atoms with van der Waals surface area (Å²) in [4.78, 5) is 5.97. The lowest BCUT2D eigenvalue weighted by molar-refractivity contribution is -0.0714. The van der Waals surface area contributed by atoms with Gasteiger partial charge in [0.1, 0.15) is 17.7 Å². The monoisotopic (exact) mass is 502 g/mol. The zero-order valence-electron chi connectivity index (χ0n) is 19.7. The zero-order valence-corrected chi connectivity index (χ0v) is 19.7. The van der Waals surface area contributed by atoms with Gasteiger partial charge in [-0.2, -0.15) is 4.98 Å². The molecule has 0 radical (unpaired) electrons. The van der Waals surface area contributed by atoms with E-state index in [2.05, 4.69) is 20.4 Å². The van der Waals surface area contributed by atoms with E-state index < -0.39 is 24.6 Å². The summed E-state index contributed by atoms with van der Waals surface area (Å²) in [6.45, 7) is 1.77. The number of methoxy groups -OCH3 is 1. The largest absolute Gasteiger partial charge is 0.479 e. The fourth-order valence-electron chi connectivity index (χ4n) is 5.13. The molecule has 5 heterocycles. The average Bonchev–Trinajstić information content (AvgIpc) is 3.48. The highest BCUT2D eigenvalue weighted by Gasteiger charge is 2.52. The van der Waals surface area contributed by atoms with Crippen LogP contribution in [-0.2, 0) is 4.74 Å². The SMILES string of the molecule is COc1nc(N)nn2cc([C@@H]3CN(C4COC4)CC3(F)F)c(-c3ccc4nnn([C@H](C)CF)c4c3)c12. The van der Waals surface area contributed by atoms with Crippen molar-refractivity contribution in [1.29, 1.82) is 0 Å². The molecule has 2 atom stereocenters. The van der Waals surface area contributed by atoms with Gasteiger partial charge in [0.2, 0.25) is 11.8 Å². The number of nitrogen functional groups attached to an aromatic ring is 1. The fourth-order valence-corrected chi connectivity index (χ4v) is 5.13. The first-order valence-corrected chi connectivity index (χ1v) is 11.6. The van der Waals surface area contributed by atoms with Gasteiger partial charge in [-0.15, -0.1) is 10.2 Å². The van der Waals surface area contributed by atoms with Crippen molar-refractivity contribution in [3.63, 3.8) is 0 Å². The Balaban J connectivity index is 1.58. The fraction of sp³-hybridized carbons (Fsp3) is 0.478. The zero-order chi connectivity index (χ0) is 25.2. The lowest BCUT2D eigenvalue weighted by atomic mass is 9.90. The molecule has 0 saturated carbocycles. The molecule has 0 aliphatic carbocycles. The van der Waals surface area contributed by atoms with E-state index in [1.165, 1.54) is 16.3 Å². The number of benzene rings is 1. The van der Waals surface area contributed by atoms with Gasteiger partial charge in [-0.05, 0) is 30.2 Å². The molecule has 0 spiro atoms. The van der Waals surface area contributed by atoms with Crippen LogP contribution in [-0.4, -0.2) is 86.5 Å². The number of alkyl halides is 3. The van der Waals surface area contributed by atoms with Crippen LogP contribution in [0.2, 0.25) is 0 Å². The quantitative estimate of drug-likeness (QED) is 0.429. The lowest BCUT2D eigenvalue weighted by Crippen LogP contribution is -2.48. The molecule has 2 fully saturated rings. The highest BCUT2D eigenvalue weighted by atomic mass is 19.3. The number of hydrogen-bond donors (Lipinski definition) is 1. The standard InChI is InChI=1S/C23H25F3N8O2/c1-12(6-24)34-18-5-13(3-4-17(18)29-31-34)19-15(7-33-20(19)21(35-2)28-22(27)30-33)16-8-32(11-23(16,25)26)14-9-36-10-14/h3-5,7,12,14,16H,6,8-11H2,1-2H3,(H2,27,30)/t12-,16+/m1/s1. The Hall–Kier alpha value is -3.45. The topological polar surface area (TPSA) is 109 Å². The molecule has 2 aliphatic rings. The van der Waals surface area contributed by atoms with Gasteiger partial charge in [-0.1, -0.05) is 11.3 Å². The van der Waals surface area contributed by atoms with Gasteiger partial charge >= 0.3 is 0 Å². The van der Waals surface area contributed by atoms with E-state index in [-0.39, 0.29) is 31.0 Å². The molecule has 0 unspecified atom stereocenters. The maximum Gasteiger partial charge on any atom is 0.268 e. The minimum atomic E-state index is -2.99. The van der Waals surface area contributed by atoms with Crippen LogP contribution in [0.25, 0.3) is 27.7 Å². The van der Waals surface area contributed by atoms with Gasteiger partial charge in [-0.25, -0.2) is 22.4 Å². The van der Waals surface area contributed by atoms with Crippen molar-refractivity contribution in [2.24, 2.45) is 0 Å². The number of nitrogens with zero attached hydrogens (tertiary/aromatic N) is 7. The third-order valence-electron chi connectivity index (χ3n) is 7.09. The molecule has 2 saturated heterocycles. The summed E-state index contributed by atoms with van der Waals surface area (Å²) < 4.78 is 58.2. The predicted octanol–water partition coefficient (Wildman–Crippen LogP) is 2.70. The Labute approximate surface area is 203 Å². The van der Waals surface area contributed by atoms with Crippen molar-refractivity contribution in [1.82, 2.24) is 34.5 Å². The van der Waals surface area contributed by atoms with Crippen molar-refractivity contribution in [2.75, 3.05) is 45.8 Å². The maximum atomic E-state index is 15.5. The molecule has 2 N–H and O–H groups in total. The Morgan fingerprint density at radius 1 is 1.31 bits per heavy atom. The molecule has 4 aromatic rings. The summed E-state index contributed by atoms with van der Waals surface area (Å²) in [6.07, 6.45) is 1.58. The van der Waals surface area contributed by atoms with Crippen LogP contribution in [0.4, 0.5) is 19.1 Å². The number of hydrogen-bond acceptors (Lipinski definition) is 8. The highest BCUT2D eigenvalue weighted by molar-refractivity contribution is 5.92. The third-order valence-corrected chi connectivity index (χ3v) is 7.09. The molecule has 13 heteroatoms. The Kier molecular flexibility index (Phi) is 5.30. The maximum absolute atomic E-state index is 15.5. The summed E-state index contributed by atoms with van der Waals surface area (Å²) in [5.74, 6) is -3.98. The van der Waals surface area contributed by atoms with Crippen molar-refractivity contribution < 1.29 is 22.6 Å². The van der Waals surface area contributed by atoms with E-state index in [1.54, 1.807) is 36.2 Å². The molecule has 3 aromatic heterocycles. The average molecular weight is 503 g/mol. The normalized spacial score (nSPS) is 21.3. The van der Waals surface area contributed by atoms with E-state index in [0.29, 0.717) is 46.5 Å². The summed E-state index contributed by atoms with van der Waals surface area (Å²) in [5.41, 5.74) is 8.96. The van der Waals surface area contributed by atoms with Crippen molar-refractivity contribution >= 4 is 22.5 Å². The third kappa shape index (κ3) is 3.48. The van der Waals surface area contributed by atoms with Crippen molar-refractivity contribution in [3.8, 4) is 17.0 Å². The van der Waals surface area contributed by atoms with E-state index >= 15 is 8.78 Å². The molecule has 0 bridgehead atoms. The van der Waals surface area contributed by atoms with Crippen LogP contribution in [0.3, 0.4) is 0 Å². The smallest absolute Gasteiger partial charge is 0.268 e. The van der Waals surface area contributed by atoms with Gasteiger partial charge in [-0.3, -0.25) is 4.90 Å². The first-order valence-electron chi connectivity index (χ1n) is 11.6. The van der Waals surface area contributed by atoms with Crippen LogP contribution in [0.1, 0.15) is 24.4 Å². The number of nitrogens with two attached hydrogens (primary N) is 1. The van der Waals surface area contributed by atoms with E-state index in [9.17, 15) is 4.39 Å². The summed E-state index contributed by atoms with van der Waals surface area (Å²) >= 11 is 0. The van der Waals surface area contributed by atoms with Crippen LogP contribution in [0.5, 0.6) is 5.88 Å². The number of anilines is 1. The number of likely N-dealkylation sites (tertiary alicyclic amines) is 1. The second kappa shape index (κ2) is 8.30. The second-order valence-corrected chi connectivity index (χ2v) is 9.41. The summed E-state index contributed by atoms with van der Waals surface area (Å²) in [6, 6.07) is 4.74. The molecule has 36 heavy (non-hydrogen) atoms. The van der Waals surface area contributed by atoms with E-state index in [0.717, 1.165) is 0 Å². The molecule has 190 valence electrons. The van der Waals surface area contributed by atoms with Gasteiger partial charge < -0.3 is 15.2 Å². The number of ether oxygens (including phenoxy) is 2.